The van der Waals surface area contributed by atoms with Crippen LogP contribution in [0.25, 0.3) is 0 Å². The summed E-state index contributed by atoms with van der Waals surface area (Å²) in [5.74, 6) is 1.96. The first kappa shape index (κ1) is 29.7. The second kappa shape index (κ2) is 9.83. The Labute approximate surface area is 253 Å². The van der Waals surface area contributed by atoms with Crippen LogP contribution in [0.2, 0.25) is 0 Å². The highest BCUT2D eigenvalue weighted by Gasteiger charge is 2.72. The van der Waals surface area contributed by atoms with Gasteiger partial charge in [0.25, 0.3) is 0 Å². The van der Waals surface area contributed by atoms with Crippen LogP contribution >= 0.6 is 0 Å². The number of aliphatic hydroxyl groups excluding tert-OH is 1. The molecule has 0 amide bonds. The lowest BCUT2D eigenvalue weighted by Crippen LogP contribution is -2.67. The molecule has 0 bridgehead atoms. The monoisotopic (exact) mass is 572 g/mol. The van der Waals surface area contributed by atoms with Gasteiger partial charge in [-0.05, 0) is 116 Å². The van der Waals surface area contributed by atoms with E-state index < -0.39 is 10.8 Å². The molecule has 5 saturated carbocycles. The van der Waals surface area contributed by atoms with Crippen molar-refractivity contribution in [3.8, 4) is 0 Å². The highest BCUT2D eigenvalue weighted by Crippen LogP contribution is 2.77. The SMILES string of the molecule is C=C(C)[C@@H]1CC[C@]2(C(=O)OCc3ccccc3)CC[C@]3(C)[C@H](CC[C@@H]4[C@@]5(C)C/C(=C/O)C(=O)C(C)(C)[C@@H]5CC[C@]43C)[C@@H]12. The Balaban J connectivity index is 1.36. The van der Waals surface area contributed by atoms with Crippen molar-refractivity contribution in [2.75, 3.05) is 0 Å². The van der Waals surface area contributed by atoms with Crippen LogP contribution in [0, 0.1) is 56.7 Å². The fraction of sp³-hybridized carbons (Fsp3) is 0.684. The van der Waals surface area contributed by atoms with E-state index in [-0.39, 0.29) is 33.9 Å². The Bertz CT molecular complexity index is 1310. The van der Waals surface area contributed by atoms with Gasteiger partial charge >= 0.3 is 5.97 Å². The zero-order valence-electron chi connectivity index (χ0n) is 26.8. The molecule has 5 aliphatic carbocycles. The van der Waals surface area contributed by atoms with E-state index >= 15 is 0 Å². The predicted molar refractivity (Wildman–Crippen MR) is 166 cm³/mol. The lowest BCUT2D eigenvalue weighted by Gasteiger charge is -2.72. The number of allylic oxidation sites excluding steroid dienone is 2. The van der Waals surface area contributed by atoms with Crippen molar-refractivity contribution in [1.29, 1.82) is 0 Å². The molecule has 1 aromatic carbocycles. The summed E-state index contributed by atoms with van der Waals surface area (Å²) in [6, 6.07) is 10.1. The Morgan fingerprint density at radius 1 is 0.952 bits per heavy atom. The first-order valence-corrected chi connectivity index (χ1v) is 16.5. The molecule has 5 fully saturated rings. The number of hydrogen-bond donors (Lipinski definition) is 1. The molecule has 1 aromatic rings. The first-order chi connectivity index (χ1) is 19.8. The third-order valence-electron chi connectivity index (χ3n) is 14.4. The minimum absolute atomic E-state index is 0.00960. The number of ether oxygens (including phenoxy) is 1. The second-order valence-electron chi connectivity index (χ2n) is 16.3. The number of Topliss-reactive ketones (excluding diaryl/α,β-unsaturated/α-hetero) is 1. The molecule has 0 aromatic heterocycles. The van der Waals surface area contributed by atoms with Crippen molar-refractivity contribution in [3.05, 3.63) is 59.9 Å². The van der Waals surface area contributed by atoms with Gasteiger partial charge in [0.2, 0.25) is 0 Å². The molecule has 4 heteroatoms. The van der Waals surface area contributed by atoms with Gasteiger partial charge in [-0.25, -0.2) is 0 Å². The van der Waals surface area contributed by atoms with E-state index in [0.717, 1.165) is 63.2 Å². The molecule has 0 radical (unpaired) electrons. The molecule has 0 spiro atoms. The van der Waals surface area contributed by atoms with Crippen LogP contribution < -0.4 is 0 Å². The number of carbonyl (C=O) groups excluding carboxylic acids is 2. The molecular weight excluding hydrogens is 520 g/mol. The number of hydrogen-bond acceptors (Lipinski definition) is 4. The van der Waals surface area contributed by atoms with Crippen LogP contribution in [0.3, 0.4) is 0 Å². The molecule has 5 aliphatic rings. The summed E-state index contributed by atoms with van der Waals surface area (Å²) in [5.41, 5.74) is 2.11. The van der Waals surface area contributed by atoms with E-state index in [2.05, 4.69) is 48.1 Å². The van der Waals surface area contributed by atoms with Gasteiger partial charge in [0.1, 0.15) is 6.61 Å². The molecule has 6 rings (SSSR count). The summed E-state index contributed by atoms with van der Waals surface area (Å²) >= 11 is 0. The van der Waals surface area contributed by atoms with Crippen molar-refractivity contribution in [2.24, 2.45) is 56.7 Å². The van der Waals surface area contributed by atoms with Crippen molar-refractivity contribution >= 4 is 11.8 Å². The highest BCUT2D eigenvalue weighted by molar-refractivity contribution is 6.00. The summed E-state index contributed by atoms with van der Waals surface area (Å²) in [6.07, 6.45) is 10.0. The molecule has 1 N–H and O–H groups in total. The van der Waals surface area contributed by atoms with Crippen molar-refractivity contribution < 1.29 is 19.4 Å². The van der Waals surface area contributed by atoms with E-state index in [1.807, 2.05) is 30.3 Å². The molecule has 42 heavy (non-hydrogen) atoms. The second-order valence-corrected chi connectivity index (χ2v) is 16.3. The van der Waals surface area contributed by atoms with Crippen LogP contribution in [0.5, 0.6) is 0 Å². The molecule has 228 valence electrons. The van der Waals surface area contributed by atoms with E-state index in [1.165, 1.54) is 5.57 Å². The quantitative estimate of drug-likeness (QED) is 0.169. The third-order valence-corrected chi connectivity index (χ3v) is 14.4. The van der Waals surface area contributed by atoms with Gasteiger partial charge in [-0.15, -0.1) is 0 Å². The van der Waals surface area contributed by atoms with E-state index in [9.17, 15) is 14.7 Å². The normalized spacial score (nSPS) is 44.9. The van der Waals surface area contributed by atoms with Crippen LogP contribution in [0.4, 0.5) is 0 Å². The van der Waals surface area contributed by atoms with E-state index in [1.54, 1.807) is 0 Å². The molecule has 4 nitrogen and oxygen atoms in total. The van der Waals surface area contributed by atoms with Gasteiger partial charge in [0.15, 0.2) is 5.78 Å². The lowest BCUT2D eigenvalue weighted by atomic mass is 9.32. The summed E-state index contributed by atoms with van der Waals surface area (Å²) in [6.45, 7) is 18.7. The van der Waals surface area contributed by atoms with Gasteiger partial charge in [0.05, 0.1) is 11.7 Å². The molecule has 0 unspecified atom stereocenters. The lowest BCUT2D eigenvalue weighted by molar-refractivity contribution is -0.233. The fourth-order valence-electron chi connectivity index (χ4n) is 12.3. The maximum Gasteiger partial charge on any atom is 0.312 e. The van der Waals surface area contributed by atoms with Gasteiger partial charge < -0.3 is 9.84 Å². The Morgan fingerprint density at radius 2 is 1.67 bits per heavy atom. The zero-order valence-corrected chi connectivity index (χ0v) is 26.8. The number of esters is 1. The Hall–Kier alpha value is -2.36. The first-order valence-electron chi connectivity index (χ1n) is 16.5. The van der Waals surface area contributed by atoms with E-state index in [4.69, 9.17) is 4.74 Å². The van der Waals surface area contributed by atoms with Gasteiger partial charge in [0, 0.05) is 11.0 Å². The standard InChI is InChI=1S/C38H52O4/c1-24(2)27-15-18-38(33(41)42-23-25-11-9-8-10-12-25)20-19-36(6)28(31(27)38)13-14-30-35(5)21-26(22-39)32(40)34(3,4)29(35)16-17-37(30,36)7/h8-12,22,27-31,39H,1,13-21,23H2,2-7H3/b26-22-/t27-,28+,29-,30+,31+,35-,36+,37+,38-/m0/s1. The Kier molecular flexibility index (Phi) is 6.95. The summed E-state index contributed by atoms with van der Waals surface area (Å²) in [7, 11) is 0. The van der Waals surface area contributed by atoms with Gasteiger partial charge in [-0.2, -0.15) is 0 Å². The average molecular weight is 573 g/mol. The Morgan fingerprint density at radius 3 is 2.33 bits per heavy atom. The van der Waals surface area contributed by atoms with Gasteiger partial charge in [-0.1, -0.05) is 77.1 Å². The number of rotatable bonds is 4. The minimum atomic E-state index is -0.471. The summed E-state index contributed by atoms with van der Waals surface area (Å²) in [4.78, 5) is 27.6. The highest BCUT2D eigenvalue weighted by atomic mass is 16.5. The zero-order chi connectivity index (χ0) is 30.3. The summed E-state index contributed by atoms with van der Waals surface area (Å²) in [5, 5.41) is 10.1. The number of ketones is 1. The molecule has 0 heterocycles. The van der Waals surface area contributed by atoms with Crippen LogP contribution in [0.15, 0.2) is 54.3 Å². The molecule has 9 atom stereocenters. The average Bonchev–Trinajstić information content (AvgIpc) is 3.36. The van der Waals surface area contributed by atoms with Crippen LogP contribution in [-0.4, -0.2) is 16.9 Å². The number of aliphatic hydroxyl groups is 1. The maximum absolute atomic E-state index is 14.2. The molecule has 0 aliphatic heterocycles. The number of fused-ring (bicyclic) bond motifs is 7. The largest absolute Gasteiger partial charge is 0.515 e. The van der Waals surface area contributed by atoms with Crippen molar-refractivity contribution in [1.82, 2.24) is 0 Å². The number of carbonyl (C=O) groups is 2. The van der Waals surface area contributed by atoms with Crippen molar-refractivity contribution in [2.45, 2.75) is 106 Å². The molecule has 0 saturated heterocycles. The summed E-state index contributed by atoms with van der Waals surface area (Å²) < 4.78 is 6.16. The van der Waals surface area contributed by atoms with Crippen LogP contribution in [0.1, 0.15) is 105 Å². The van der Waals surface area contributed by atoms with E-state index in [0.29, 0.717) is 42.3 Å². The van der Waals surface area contributed by atoms with Crippen molar-refractivity contribution in [3.63, 3.8) is 0 Å². The third kappa shape index (κ3) is 3.84. The minimum Gasteiger partial charge on any atom is -0.515 e. The maximum atomic E-state index is 14.2. The molecular formula is C38H52O4. The van der Waals surface area contributed by atoms with Gasteiger partial charge in [-0.3, -0.25) is 9.59 Å². The topological polar surface area (TPSA) is 63.6 Å². The number of benzene rings is 1. The smallest absolute Gasteiger partial charge is 0.312 e. The van der Waals surface area contributed by atoms with Crippen LogP contribution in [-0.2, 0) is 20.9 Å². The predicted octanol–water partition coefficient (Wildman–Crippen LogP) is 9.01. The fourth-order valence-corrected chi connectivity index (χ4v) is 12.3.